The zero-order chi connectivity index (χ0) is 10.7. The summed E-state index contributed by atoms with van der Waals surface area (Å²) in [5.41, 5.74) is 0.662. The molecule has 15 heavy (non-hydrogen) atoms. The Morgan fingerprint density at radius 1 is 1.40 bits per heavy atom. The summed E-state index contributed by atoms with van der Waals surface area (Å²) in [5, 5.41) is 23.7. The van der Waals surface area contributed by atoms with E-state index < -0.39 is 4.92 Å². The number of benzene rings is 1. The number of rotatable bonds is 3. The largest absolute Gasteiger partial charge is 0.273 e. The predicted molar refractivity (Wildman–Crippen MR) is 50.1 cm³/mol. The molecule has 1 N–H and O–H groups in total. The van der Waals surface area contributed by atoms with Crippen molar-refractivity contribution in [2.75, 3.05) is 0 Å². The SMILES string of the molecule is O=[N+]([O-])c1ccccc1Cc1nnn[nH]1. The van der Waals surface area contributed by atoms with Gasteiger partial charge < -0.3 is 0 Å². The van der Waals surface area contributed by atoms with Gasteiger partial charge in [0.1, 0.15) is 0 Å². The van der Waals surface area contributed by atoms with Gasteiger partial charge in [0, 0.05) is 18.1 Å². The molecule has 0 saturated carbocycles. The van der Waals surface area contributed by atoms with Crippen molar-refractivity contribution in [1.29, 1.82) is 0 Å². The third-order valence-corrected chi connectivity index (χ3v) is 1.94. The third-order valence-electron chi connectivity index (χ3n) is 1.94. The van der Waals surface area contributed by atoms with Crippen LogP contribution in [0.15, 0.2) is 24.3 Å². The first kappa shape index (κ1) is 9.25. The summed E-state index contributed by atoms with van der Waals surface area (Å²) in [6.07, 6.45) is 0.324. The first-order valence-corrected chi connectivity index (χ1v) is 4.22. The van der Waals surface area contributed by atoms with Crippen LogP contribution >= 0.6 is 0 Å². The van der Waals surface area contributed by atoms with Crippen molar-refractivity contribution in [3.8, 4) is 0 Å². The van der Waals surface area contributed by atoms with Crippen LogP contribution in [0.5, 0.6) is 0 Å². The molecule has 2 aromatic rings. The van der Waals surface area contributed by atoms with Gasteiger partial charge in [-0.2, -0.15) is 0 Å². The predicted octanol–water partition coefficient (Wildman–Crippen LogP) is 0.699. The van der Waals surface area contributed by atoms with E-state index in [1.807, 2.05) is 0 Å². The van der Waals surface area contributed by atoms with E-state index in [2.05, 4.69) is 20.6 Å². The topological polar surface area (TPSA) is 97.6 Å². The van der Waals surface area contributed by atoms with E-state index in [4.69, 9.17) is 0 Å². The molecule has 0 bridgehead atoms. The summed E-state index contributed by atoms with van der Waals surface area (Å²) < 4.78 is 0. The molecule has 0 aliphatic heterocycles. The van der Waals surface area contributed by atoms with Crippen LogP contribution < -0.4 is 0 Å². The Balaban J connectivity index is 2.32. The molecule has 0 atom stereocenters. The fraction of sp³-hybridized carbons (Fsp3) is 0.125. The maximum Gasteiger partial charge on any atom is 0.273 e. The first-order valence-electron chi connectivity index (χ1n) is 4.22. The van der Waals surface area contributed by atoms with Gasteiger partial charge in [0.2, 0.25) is 0 Å². The van der Waals surface area contributed by atoms with Gasteiger partial charge in [-0.15, -0.1) is 5.10 Å². The second kappa shape index (κ2) is 3.82. The van der Waals surface area contributed by atoms with Crippen LogP contribution in [-0.2, 0) is 6.42 Å². The number of H-pyrrole nitrogens is 1. The Hall–Kier alpha value is -2.31. The smallest absolute Gasteiger partial charge is 0.258 e. The average molecular weight is 205 g/mol. The maximum absolute atomic E-state index is 10.7. The molecule has 76 valence electrons. The minimum absolute atomic E-state index is 0.0777. The van der Waals surface area contributed by atoms with Gasteiger partial charge >= 0.3 is 0 Å². The second-order valence-electron chi connectivity index (χ2n) is 2.91. The molecule has 0 radical (unpaired) electrons. The first-order chi connectivity index (χ1) is 7.27. The summed E-state index contributed by atoms with van der Waals surface area (Å²) in [7, 11) is 0. The molecule has 1 aromatic heterocycles. The minimum Gasteiger partial charge on any atom is -0.258 e. The molecule has 0 spiro atoms. The summed E-state index contributed by atoms with van der Waals surface area (Å²) >= 11 is 0. The summed E-state index contributed by atoms with van der Waals surface area (Å²) in [6, 6.07) is 6.51. The molecule has 7 heteroatoms. The fourth-order valence-electron chi connectivity index (χ4n) is 1.27. The van der Waals surface area contributed by atoms with E-state index in [-0.39, 0.29) is 5.69 Å². The molecular formula is C8H7N5O2. The van der Waals surface area contributed by atoms with Gasteiger partial charge in [-0.25, -0.2) is 5.10 Å². The van der Waals surface area contributed by atoms with E-state index in [9.17, 15) is 10.1 Å². The van der Waals surface area contributed by atoms with Crippen LogP contribution in [-0.4, -0.2) is 25.5 Å². The highest BCUT2D eigenvalue weighted by Crippen LogP contribution is 2.19. The molecule has 0 aliphatic rings. The lowest BCUT2D eigenvalue weighted by Gasteiger charge is -1.98. The Kier molecular flexibility index (Phi) is 2.36. The quantitative estimate of drug-likeness (QED) is 0.587. The van der Waals surface area contributed by atoms with E-state index in [0.717, 1.165) is 0 Å². The standard InChI is InChI=1S/C8H7N5O2/c14-13(15)7-4-2-1-3-6(7)5-8-9-11-12-10-8/h1-4H,5H2,(H,9,10,11,12). The number of nitro groups is 1. The molecule has 0 unspecified atom stereocenters. The zero-order valence-corrected chi connectivity index (χ0v) is 7.62. The Morgan fingerprint density at radius 3 is 2.87 bits per heavy atom. The maximum atomic E-state index is 10.7. The van der Waals surface area contributed by atoms with E-state index in [1.54, 1.807) is 18.2 Å². The number of hydrogen-bond donors (Lipinski definition) is 1. The average Bonchev–Trinajstić information content (AvgIpc) is 2.71. The van der Waals surface area contributed by atoms with E-state index in [0.29, 0.717) is 17.8 Å². The molecule has 7 nitrogen and oxygen atoms in total. The highest BCUT2D eigenvalue weighted by Gasteiger charge is 2.13. The van der Waals surface area contributed by atoms with Crippen LogP contribution in [0.1, 0.15) is 11.4 Å². The third kappa shape index (κ3) is 1.96. The van der Waals surface area contributed by atoms with Crippen molar-refractivity contribution in [3.05, 3.63) is 45.8 Å². The van der Waals surface area contributed by atoms with E-state index in [1.165, 1.54) is 6.07 Å². The molecule has 0 saturated heterocycles. The normalized spacial score (nSPS) is 10.1. The summed E-state index contributed by atoms with van der Waals surface area (Å²) in [4.78, 5) is 10.3. The van der Waals surface area contributed by atoms with Crippen LogP contribution in [0.25, 0.3) is 0 Å². The zero-order valence-electron chi connectivity index (χ0n) is 7.62. The molecule has 2 rings (SSSR count). The summed E-state index contributed by atoms with van der Waals surface area (Å²) in [6.45, 7) is 0. The Labute approximate surface area is 84.3 Å². The van der Waals surface area contributed by atoms with Crippen LogP contribution in [0.2, 0.25) is 0 Å². The second-order valence-corrected chi connectivity index (χ2v) is 2.91. The van der Waals surface area contributed by atoms with Crippen molar-refractivity contribution in [2.24, 2.45) is 0 Å². The number of hydrogen-bond acceptors (Lipinski definition) is 5. The van der Waals surface area contributed by atoms with Gasteiger partial charge in [-0.05, 0) is 10.4 Å². The lowest BCUT2D eigenvalue weighted by Crippen LogP contribution is -1.97. The number of nitrogens with one attached hydrogen (secondary N) is 1. The van der Waals surface area contributed by atoms with Gasteiger partial charge in [-0.1, -0.05) is 18.2 Å². The van der Waals surface area contributed by atoms with Crippen molar-refractivity contribution in [1.82, 2.24) is 20.6 Å². The number of aromatic amines is 1. The molecular weight excluding hydrogens is 198 g/mol. The molecule has 0 amide bonds. The minimum atomic E-state index is -0.418. The number of tetrazole rings is 1. The van der Waals surface area contributed by atoms with Gasteiger partial charge in [0.15, 0.2) is 5.82 Å². The van der Waals surface area contributed by atoms with Crippen molar-refractivity contribution >= 4 is 5.69 Å². The molecule has 0 aliphatic carbocycles. The number of nitro benzene ring substituents is 1. The van der Waals surface area contributed by atoms with Crippen LogP contribution in [0, 0.1) is 10.1 Å². The van der Waals surface area contributed by atoms with E-state index >= 15 is 0 Å². The fourth-order valence-corrected chi connectivity index (χ4v) is 1.27. The van der Waals surface area contributed by atoms with Crippen molar-refractivity contribution in [2.45, 2.75) is 6.42 Å². The van der Waals surface area contributed by atoms with Gasteiger partial charge in [0.05, 0.1) is 4.92 Å². The Morgan fingerprint density at radius 2 is 2.20 bits per heavy atom. The lowest BCUT2D eigenvalue weighted by atomic mass is 10.1. The van der Waals surface area contributed by atoms with Crippen molar-refractivity contribution in [3.63, 3.8) is 0 Å². The number of aromatic nitrogens is 4. The number of nitrogens with zero attached hydrogens (tertiary/aromatic N) is 4. The summed E-state index contributed by atoms with van der Waals surface area (Å²) in [5.74, 6) is 0.504. The van der Waals surface area contributed by atoms with Crippen LogP contribution in [0.3, 0.4) is 0 Å². The molecule has 1 heterocycles. The lowest BCUT2D eigenvalue weighted by molar-refractivity contribution is -0.385. The Bertz CT molecular complexity index is 468. The van der Waals surface area contributed by atoms with Gasteiger partial charge in [-0.3, -0.25) is 10.1 Å². The van der Waals surface area contributed by atoms with Gasteiger partial charge in [0.25, 0.3) is 5.69 Å². The van der Waals surface area contributed by atoms with Crippen molar-refractivity contribution < 1.29 is 4.92 Å². The number of para-hydroxylation sites is 1. The molecule has 0 fully saturated rings. The molecule has 1 aromatic carbocycles. The monoisotopic (exact) mass is 205 g/mol. The highest BCUT2D eigenvalue weighted by atomic mass is 16.6. The van der Waals surface area contributed by atoms with Crippen LogP contribution in [0.4, 0.5) is 5.69 Å². The highest BCUT2D eigenvalue weighted by molar-refractivity contribution is 5.41.